The Hall–Kier alpha value is -6.58. The van der Waals surface area contributed by atoms with Crippen LogP contribution in [-0.4, -0.2) is 4.57 Å². The molecule has 0 aliphatic heterocycles. The number of hydrogen-bond donors (Lipinski definition) is 0. The maximum Gasteiger partial charge on any atom is 0.135 e. The molecule has 0 aliphatic rings. The molecule has 2 heterocycles. The molecule has 8 aromatic carbocycles. The summed E-state index contributed by atoms with van der Waals surface area (Å²) in [7, 11) is 0. The molecule has 0 amide bonds. The van der Waals surface area contributed by atoms with Crippen LogP contribution in [0.3, 0.4) is 0 Å². The minimum atomic E-state index is 0.896. The van der Waals surface area contributed by atoms with E-state index >= 15 is 0 Å². The molecule has 0 spiro atoms. The first kappa shape index (κ1) is 27.5. The first-order valence-electron chi connectivity index (χ1n) is 16.7. The van der Waals surface area contributed by atoms with E-state index in [2.05, 4.69) is 179 Å². The van der Waals surface area contributed by atoms with Gasteiger partial charge in [-0.15, -0.1) is 0 Å². The highest BCUT2D eigenvalue weighted by atomic mass is 16.3. The Balaban J connectivity index is 1.26. The standard InChI is InChI=1S/C46H30N2O/c1-2-15-33(16-3-1)47-43-22-10-7-19-37(43)38-27-26-34(30-44(38)47)48(42-23-12-14-31-13-4-5-17-35(31)42)41-21-9-6-18-36(41)32-25-28-46-40(29-32)39-20-8-11-24-45(39)49-46/h1-30H. The van der Waals surface area contributed by atoms with Crippen molar-refractivity contribution in [2.24, 2.45) is 0 Å². The van der Waals surface area contributed by atoms with Crippen molar-refractivity contribution in [3.8, 4) is 16.8 Å². The number of nitrogens with zero attached hydrogens (tertiary/aromatic N) is 2. The van der Waals surface area contributed by atoms with Crippen molar-refractivity contribution in [2.75, 3.05) is 4.90 Å². The van der Waals surface area contributed by atoms with Gasteiger partial charge in [-0.3, -0.25) is 0 Å². The van der Waals surface area contributed by atoms with E-state index in [9.17, 15) is 0 Å². The molecule has 0 aliphatic carbocycles. The number of fused-ring (bicyclic) bond motifs is 7. The summed E-state index contributed by atoms with van der Waals surface area (Å²) in [5.41, 5.74) is 10.9. The van der Waals surface area contributed by atoms with Gasteiger partial charge in [-0.1, -0.05) is 121 Å². The van der Waals surface area contributed by atoms with Gasteiger partial charge in [0.25, 0.3) is 0 Å². The summed E-state index contributed by atoms with van der Waals surface area (Å²) in [6.45, 7) is 0. The van der Waals surface area contributed by atoms with E-state index in [1.54, 1.807) is 0 Å². The summed E-state index contributed by atoms with van der Waals surface area (Å²) in [5, 5.41) is 7.11. The SMILES string of the molecule is c1ccc(-n2c3ccccc3c3ccc(N(c4ccccc4-c4ccc5oc6ccccc6c5c4)c4cccc5ccccc45)cc32)cc1. The van der Waals surface area contributed by atoms with Gasteiger partial charge in [-0.2, -0.15) is 0 Å². The second kappa shape index (κ2) is 11.0. The molecular weight excluding hydrogens is 597 g/mol. The Morgan fingerprint density at radius 3 is 2.00 bits per heavy atom. The monoisotopic (exact) mass is 626 g/mol. The van der Waals surface area contributed by atoms with Gasteiger partial charge < -0.3 is 13.9 Å². The van der Waals surface area contributed by atoms with Gasteiger partial charge >= 0.3 is 0 Å². The number of para-hydroxylation sites is 4. The molecule has 0 bridgehead atoms. The van der Waals surface area contributed by atoms with E-state index in [0.717, 1.165) is 55.8 Å². The highest BCUT2D eigenvalue weighted by Gasteiger charge is 2.22. The molecule has 2 aromatic heterocycles. The van der Waals surface area contributed by atoms with Crippen molar-refractivity contribution >= 4 is 71.6 Å². The van der Waals surface area contributed by atoms with Crippen LogP contribution in [0.25, 0.3) is 71.3 Å². The van der Waals surface area contributed by atoms with Crippen LogP contribution in [0.15, 0.2) is 186 Å². The molecule has 3 nitrogen and oxygen atoms in total. The van der Waals surface area contributed by atoms with Crippen molar-refractivity contribution < 1.29 is 4.42 Å². The quantitative estimate of drug-likeness (QED) is 0.190. The third-order valence-electron chi connectivity index (χ3n) is 9.77. The lowest BCUT2D eigenvalue weighted by Crippen LogP contribution is -2.12. The lowest BCUT2D eigenvalue weighted by atomic mass is 9.99. The molecule has 0 unspecified atom stereocenters. The summed E-state index contributed by atoms with van der Waals surface area (Å²) in [6.07, 6.45) is 0. The molecule has 10 aromatic rings. The number of aromatic nitrogens is 1. The summed E-state index contributed by atoms with van der Waals surface area (Å²) >= 11 is 0. The third kappa shape index (κ3) is 4.37. The third-order valence-corrected chi connectivity index (χ3v) is 9.77. The van der Waals surface area contributed by atoms with Gasteiger partial charge in [0.15, 0.2) is 0 Å². The molecule has 10 rings (SSSR count). The summed E-state index contributed by atoms with van der Waals surface area (Å²) in [4.78, 5) is 2.43. The Bertz CT molecular complexity index is 2840. The van der Waals surface area contributed by atoms with E-state index < -0.39 is 0 Å². The fourth-order valence-electron chi connectivity index (χ4n) is 7.57. The van der Waals surface area contributed by atoms with Crippen molar-refractivity contribution in [1.29, 1.82) is 0 Å². The fourth-order valence-corrected chi connectivity index (χ4v) is 7.57. The fraction of sp³-hybridized carbons (Fsp3) is 0. The summed E-state index contributed by atoms with van der Waals surface area (Å²) in [5.74, 6) is 0. The number of benzene rings is 8. The number of hydrogen-bond acceptors (Lipinski definition) is 2. The summed E-state index contributed by atoms with van der Waals surface area (Å²) < 4.78 is 8.60. The molecule has 0 atom stereocenters. The minimum Gasteiger partial charge on any atom is -0.456 e. The largest absolute Gasteiger partial charge is 0.456 e. The Morgan fingerprint density at radius 1 is 0.408 bits per heavy atom. The van der Waals surface area contributed by atoms with Crippen LogP contribution in [0, 0.1) is 0 Å². The maximum absolute atomic E-state index is 6.21. The zero-order valence-corrected chi connectivity index (χ0v) is 26.6. The van der Waals surface area contributed by atoms with Gasteiger partial charge in [-0.05, 0) is 71.6 Å². The lowest BCUT2D eigenvalue weighted by Gasteiger charge is -2.29. The average molecular weight is 627 g/mol. The van der Waals surface area contributed by atoms with Crippen LogP contribution < -0.4 is 4.90 Å². The first-order chi connectivity index (χ1) is 24.3. The van der Waals surface area contributed by atoms with E-state index in [1.165, 1.54) is 32.6 Å². The van der Waals surface area contributed by atoms with E-state index in [1.807, 2.05) is 12.1 Å². The Labute approximate surface area is 283 Å². The van der Waals surface area contributed by atoms with Crippen LogP contribution >= 0.6 is 0 Å². The second-order valence-electron chi connectivity index (χ2n) is 12.5. The zero-order valence-electron chi connectivity index (χ0n) is 26.6. The second-order valence-corrected chi connectivity index (χ2v) is 12.5. The van der Waals surface area contributed by atoms with Gasteiger partial charge in [0.05, 0.1) is 22.4 Å². The van der Waals surface area contributed by atoms with Crippen LogP contribution in [-0.2, 0) is 0 Å². The van der Waals surface area contributed by atoms with E-state index in [4.69, 9.17) is 4.42 Å². The zero-order chi connectivity index (χ0) is 32.3. The Kier molecular flexibility index (Phi) is 6.18. The molecule has 0 saturated heterocycles. The van der Waals surface area contributed by atoms with Crippen LogP contribution in [0.2, 0.25) is 0 Å². The molecule has 0 saturated carbocycles. The Morgan fingerprint density at radius 2 is 1.08 bits per heavy atom. The lowest BCUT2D eigenvalue weighted by molar-refractivity contribution is 0.669. The van der Waals surface area contributed by atoms with Gasteiger partial charge in [0, 0.05) is 43.9 Å². The van der Waals surface area contributed by atoms with Crippen LogP contribution in [0.1, 0.15) is 0 Å². The van der Waals surface area contributed by atoms with Crippen molar-refractivity contribution in [3.63, 3.8) is 0 Å². The van der Waals surface area contributed by atoms with Gasteiger partial charge in [-0.25, -0.2) is 0 Å². The molecule has 0 fully saturated rings. The van der Waals surface area contributed by atoms with Crippen LogP contribution in [0.4, 0.5) is 17.1 Å². The molecular formula is C46H30N2O. The highest BCUT2D eigenvalue weighted by Crippen LogP contribution is 2.46. The number of furan rings is 1. The highest BCUT2D eigenvalue weighted by molar-refractivity contribution is 6.11. The van der Waals surface area contributed by atoms with Crippen LogP contribution in [0.5, 0.6) is 0 Å². The molecule has 3 heteroatoms. The predicted molar refractivity (Wildman–Crippen MR) is 206 cm³/mol. The van der Waals surface area contributed by atoms with Crippen molar-refractivity contribution in [2.45, 2.75) is 0 Å². The molecule has 49 heavy (non-hydrogen) atoms. The van der Waals surface area contributed by atoms with E-state index in [0.29, 0.717) is 0 Å². The first-order valence-corrected chi connectivity index (χ1v) is 16.7. The number of anilines is 3. The smallest absolute Gasteiger partial charge is 0.135 e. The minimum absolute atomic E-state index is 0.896. The topological polar surface area (TPSA) is 21.3 Å². The van der Waals surface area contributed by atoms with Crippen molar-refractivity contribution in [1.82, 2.24) is 4.57 Å². The van der Waals surface area contributed by atoms with Gasteiger partial charge in [0.1, 0.15) is 11.2 Å². The maximum atomic E-state index is 6.21. The predicted octanol–water partition coefficient (Wildman–Crippen LogP) is 13.0. The molecule has 230 valence electrons. The molecule has 0 radical (unpaired) electrons. The van der Waals surface area contributed by atoms with E-state index in [-0.39, 0.29) is 0 Å². The molecule has 0 N–H and O–H groups in total. The average Bonchev–Trinajstić information content (AvgIpc) is 3.71. The summed E-state index contributed by atoms with van der Waals surface area (Å²) in [6, 6.07) is 65.1. The number of rotatable bonds is 5. The normalized spacial score (nSPS) is 11.7. The van der Waals surface area contributed by atoms with Crippen molar-refractivity contribution in [3.05, 3.63) is 182 Å². The van der Waals surface area contributed by atoms with Gasteiger partial charge in [0.2, 0.25) is 0 Å².